The first-order valence-corrected chi connectivity index (χ1v) is 8.67. The van der Waals surface area contributed by atoms with Gasteiger partial charge in [-0.1, -0.05) is 12.1 Å². The molecule has 0 saturated heterocycles. The summed E-state index contributed by atoms with van der Waals surface area (Å²) in [6.45, 7) is 5.83. The number of nitrogens with zero attached hydrogens (tertiary/aromatic N) is 3. The maximum Gasteiger partial charge on any atom is 0.315 e. The van der Waals surface area contributed by atoms with E-state index in [2.05, 4.69) is 19.6 Å². The second-order valence-electron chi connectivity index (χ2n) is 5.58. The second kappa shape index (κ2) is 7.26. The molecule has 8 heteroatoms. The van der Waals surface area contributed by atoms with Crippen LogP contribution >= 0.6 is 11.3 Å². The van der Waals surface area contributed by atoms with Crippen molar-refractivity contribution in [2.24, 2.45) is 0 Å². The standard InChI is InChI=1S/C17H17F2N3O2S/c1-4-12(17-20-5-6-25-17)23-13-9(2)7-11(8-10(13)3)15-21-16(14(18)19)24-22-15/h5-8,12,14H,4H2,1-3H3. The van der Waals surface area contributed by atoms with Crippen LogP contribution in [-0.2, 0) is 0 Å². The highest BCUT2D eigenvalue weighted by atomic mass is 32.1. The van der Waals surface area contributed by atoms with Gasteiger partial charge in [0, 0.05) is 17.1 Å². The maximum absolute atomic E-state index is 12.6. The molecule has 0 fully saturated rings. The topological polar surface area (TPSA) is 61.0 Å². The summed E-state index contributed by atoms with van der Waals surface area (Å²) >= 11 is 1.55. The molecular weight excluding hydrogens is 348 g/mol. The second-order valence-corrected chi connectivity index (χ2v) is 6.51. The van der Waals surface area contributed by atoms with Gasteiger partial charge in [-0.05, 0) is 43.5 Å². The van der Waals surface area contributed by atoms with Crippen LogP contribution in [-0.4, -0.2) is 15.1 Å². The third-order valence-corrected chi connectivity index (χ3v) is 4.57. The number of benzene rings is 1. The minimum Gasteiger partial charge on any atom is -0.483 e. The lowest BCUT2D eigenvalue weighted by molar-refractivity contribution is 0.106. The van der Waals surface area contributed by atoms with Crippen molar-refractivity contribution >= 4 is 11.3 Å². The minimum absolute atomic E-state index is 0.126. The van der Waals surface area contributed by atoms with Gasteiger partial charge in [-0.2, -0.15) is 13.8 Å². The monoisotopic (exact) mass is 365 g/mol. The summed E-state index contributed by atoms with van der Waals surface area (Å²) in [5, 5.41) is 6.46. The zero-order valence-electron chi connectivity index (χ0n) is 14.0. The Labute approximate surface area is 147 Å². The van der Waals surface area contributed by atoms with E-state index in [0.717, 1.165) is 28.3 Å². The number of thiazole rings is 1. The average Bonchev–Trinajstić information content (AvgIpc) is 3.26. The van der Waals surface area contributed by atoms with Crippen LogP contribution in [0.3, 0.4) is 0 Å². The molecule has 0 bridgehead atoms. The summed E-state index contributed by atoms with van der Waals surface area (Å²) in [5.74, 6) is 0.212. The van der Waals surface area contributed by atoms with E-state index >= 15 is 0 Å². The molecule has 0 spiro atoms. The fourth-order valence-electron chi connectivity index (χ4n) is 2.55. The van der Waals surface area contributed by atoms with E-state index in [1.165, 1.54) is 0 Å². The van der Waals surface area contributed by atoms with Gasteiger partial charge in [-0.25, -0.2) is 4.98 Å². The fourth-order valence-corrected chi connectivity index (χ4v) is 3.30. The number of ether oxygens (including phenoxy) is 1. The van der Waals surface area contributed by atoms with Crippen LogP contribution in [0.2, 0.25) is 0 Å². The Kier molecular flexibility index (Phi) is 5.08. The summed E-state index contributed by atoms with van der Waals surface area (Å²) in [4.78, 5) is 8.05. The van der Waals surface area contributed by atoms with Gasteiger partial charge < -0.3 is 9.26 Å². The molecule has 1 atom stereocenters. The Bertz CT molecular complexity index is 826. The zero-order valence-corrected chi connectivity index (χ0v) is 14.8. The van der Waals surface area contributed by atoms with Crippen LogP contribution in [0.4, 0.5) is 8.78 Å². The van der Waals surface area contributed by atoms with Crippen LogP contribution in [0.5, 0.6) is 5.75 Å². The van der Waals surface area contributed by atoms with Gasteiger partial charge in [-0.3, -0.25) is 0 Å². The summed E-state index contributed by atoms with van der Waals surface area (Å²) in [5.41, 5.74) is 2.35. The van der Waals surface area contributed by atoms with Gasteiger partial charge in [-0.15, -0.1) is 11.3 Å². The molecule has 132 valence electrons. The Morgan fingerprint density at radius 1 is 1.24 bits per heavy atom. The molecule has 0 amide bonds. The molecular formula is C17H17F2N3O2S. The Morgan fingerprint density at radius 2 is 1.96 bits per heavy atom. The Hall–Kier alpha value is -2.35. The lowest BCUT2D eigenvalue weighted by atomic mass is 10.0. The number of rotatable bonds is 6. The van der Waals surface area contributed by atoms with E-state index < -0.39 is 12.3 Å². The van der Waals surface area contributed by atoms with E-state index in [-0.39, 0.29) is 11.9 Å². The molecule has 5 nitrogen and oxygen atoms in total. The molecule has 25 heavy (non-hydrogen) atoms. The first-order chi connectivity index (χ1) is 12.0. The highest BCUT2D eigenvalue weighted by Crippen LogP contribution is 2.34. The summed E-state index contributed by atoms with van der Waals surface area (Å²) < 4.78 is 36.0. The molecule has 0 aliphatic carbocycles. The molecule has 0 N–H and O–H groups in total. The molecule has 0 saturated carbocycles. The Morgan fingerprint density at radius 3 is 2.48 bits per heavy atom. The van der Waals surface area contributed by atoms with Crippen molar-refractivity contribution in [3.05, 3.63) is 45.7 Å². The van der Waals surface area contributed by atoms with Crippen LogP contribution in [0.1, 0.15) is 47.9 Å². The van der Waals surface area contributed by atoms with Crippen molar-refractivity contribution in [1.29, 1.82) is 0 Å². The molecule has 0 aliphatic rings. The fraction of sp³-hybridized carbons (Fsp3) is 0.353. The molecule has 1 aromatic carbocycles. The van der Waals surface area contributed by atoms with Gasteiger partial charge in [0.05, 0.1) is 0 Å². The number of alkyl halides is 2. The normalized spacial score (nSPS) is 12.6. The van der Waals surface area contributed by atoms with Crippen molar-refractivity contribution in [2.75, 3.05) is 0 Å². The van der Waals surface area contributed by atoms with Gasteiger partial charge in [0.1, 0.15) is 16.9 Å². The van der Waals surface area contributed by atoms with E-state index in [1.807, 2.05) is 26.2 Å². The first-order valence-electron chi connectivity index (χ1n) is 7.79. The van der Waals surface area contributed by atoms with Crippen molar-refractivity contribution in [2.45, 2.75) is 39.7 Å². The number of halogens is 2. The van der Waals surface area contributed by atoms with Crippen molar-refractivity contribution in [3.63, 3.8) is 0 Å². The molecule has 0 aliphatic heterocycles. The number of hydrogen-bond donors (Lipinski definition) is 0. The van der Waals surface area contributed by atoms with E-state index in [9.17, 15) is 8.78 Å². The van der Waals surface area contributed by atoms with Crippen LogP contribution in [0.25, 0.3) is 11.4 Å². The molecule has 3 aromatic rings. The lowest BCUT2D eigenvalue weighted by Crippen LogP contribution is -2.08. The first kappa shape index (κ1) is 17.5. The smallest absolute Gasteiger partial charge is 0.315 e. The maximum atomic E-state index is 12.6. The van der Waals surface area contributed by atoms with Gasteiger partial charge in [0.2, 0.25) is 5.82 Å². The van der Waals surface area contributed by atoms with Crippen molar-refractivity contribution in [3.8, 4) is 17.1 Å². The van der Waals surface area contributed by atoms with Gasteiger partial charge in [0.25, 0.3) is 5.89 Å². The van der Waals surface area contributed by atoms with Crippen LogP contribution < -0.4 is 4.74 Å². The molecule has 1 unspecified atom stereocenters. The van der Waals surface area contributed by atoms with E-state index in [1.54, 1.807) is 29.7 Å². The number of hydrogen-bond acceptors (Lipinski definition) is 6. The number of aromatic nitrogens is 3. The molecule has 2 heterocycles. The predicted molar refractivity (Wildman–Crippen MR) is 89.9 cm³/mol. The molecule has 3 rings (SSSR count). The largest absolute Gasteiger partial charge is 0.483 e. The van der Waals surface area contributed by atoms with Gasteiger partial charge >= 0.3 is 6.43 Å². The SMILES string of the molecule is CCC(Oc1c(C)cc(-c2noc(C(F)F)n2)cc1C)c1nccs1. The van der Waals surface area contributed by atoms with E-state index in [0.29, 0.717) is 5.56 Å². The molecule has 2 aromatic heterocycles. The van der Waals surface area contributed by atoms with Crippen LogP contribution in [0.15, 0.2) is 28.2 Å². The quantitative estimate of drug-likeness (QED) is 0.595. The third kappa shape index (κ3) is 3.68. The highest BCUT2D eigenvalue weighted by molar-refractivity contribution is 7.09. The zero-order chi connectivity index (χ0) is 18.0. The molecule has 0 radical (unpaired) electrons. The minimum atomic E-state index is -2.78. The van der Waals surface area contributed by atoms with Crippen molar-refractivity contribution < 1.29 is 18.0 Å². The highest BCUT2D eigenvalue weighted by Gasteiger charge is 2.20. The third-order valence-electron chi connectivity index (χ3n) is 3.70. The van der Waals surface area contributed by atoms with Crippen LogP contribution in [0, 0.1) is 13.8 Å². The summed E-state index contributed by atoms with van der Waals surface area (Å²) in [6, 6.07) is 3.61. The predicted octanol–water partition coefficient (Wildman–Crippen LogP) is 5.28. The summed E-state index contributed by atoms with van der Waals surface area (Å²) in [6.07, 6.45) is -0.365. The van der Waals surface area contributed by atoms with Gasteiger partial charge in [0.15, 0.2) is 0 Å². The Balaban J connectivity index is 1.89. The lowest BCUT2D eigenvalue weighted by Gasteiger charge is -2.19. The number of aryl methyl sites for hydroxylation is 2. The summed E-state index contributed by atoms with van der Waals surface area (Å²) in [7, 11) is 0. The van der Waals surface area contributed by atoms with Crippen molar-refractivity contribution in [1.82, 2.24) is 15.1 Å². The average molecular weight is 365 g/mol. The van der Waals surface area contributed by atoms with E-state index in [4.69, 9.17) is 4.74 Å².